The number of hydrogen-bond donors (Lipinski definition) is 2. The molecule has 0 bridgehead atoms. The van der Waals surface area contributed by atoms with Crippen LogP contribution in [0.2, 0.25) is 0 Å². The van der Waals surface area contributed by atoms with Crippen LogP contribution in [0.3, 0.4) is 0 Å². The summed E-state index contributed by atoms with van der Waals surface area (Å²) in [5, 5.41) is 22.4. The molecule has 2 heteroatoms. The molecule has 0 heterocycles. The highest BCUT2D eigenvalue weighted by molar-refractivity contribution is 5.16. The van der Waals surface area contributed by atoms with Crippen LogP contribution in [0, 0.1) is 28.1 Å². The molecule has 0 radical (unpaired) electrons. The largest absolute Gasteiger partial charge is 0.390 e. The molecule has 0 aromatic rings. The molecule has 3 aliphatic rings. The van der Waals surface area contributed by atoms with E-state index >= 15 is 0 Å². The average molecular weight is 306 g/mol. The van der Waals surface area contributed by atoms with Gasteiger partial charge in [-0.1, -0.05) is 40.2 Å². The number of rotatable bonds is 1. The first-order chi connectivity index (χ1) is 10.1. The van der Waals surface area contributed by atoms with E-state index in [4.69, 9.17) is 0 Å². The molecular weight excluding hydrogens is 272 g/mol. The summed E-state index contributed by atoms with van der Waals surface area (Å²) in [5.74, 6) is 0.739. The van der Waals surface area contributed by atoms with Crippen molar-refractivity contribution in [2.45, 2.75) is 84.3 Å². The third-order valence-corrected chi connectivity index (χ3v) is 7.90. The van der Waals surface area contributed by atoms with Crippen LogP contribution in [0.25, 0.3) is 0 Å². The third kappa shape index (κ3) is 2.13. The van der Waals surface area contributed by atoms with Crippen LogP contribution in [0.4, 0.5) is 0 Å². The van der Waals surface area contributed by atoms with E-state index in [1.807, 2.05) is 6.08 Å². The Bertz CT molecular complexity index is 470. The van der Waals surface area contributed by atoms with Crippen molar-refractivity contribution in [3.05, 3.63) is 12.7 Å². The average Bonchev–Trinajstić information content (AvgIpc) is 2.41. The third-order valence-electron chi connectivity index (χ3n) is 7.90. The van der Waals surface area contributed by atoms with Crippen LogP contribution < -0.4 is 0 Å². The molecule has 22 heavy (non-hydrogen) atoms. The molecule has 0 unspecified atom stereocenters. The summed E-state index contributed by atoms with van der Waals surface area (Å²) < 4.78 is 0. The zero-order valence-corrected chi connectivity index (χ0v) is 14.9. The van der Waals surface area contributed by atoms with Gasteiger partial charge in [0.1, 0.15) is 0 Å². The van der Waals surface area contributed by atoms with E-state index < -0.39 is 11.7 Å². The predicted molar refractivity (Wildman–Crippen MR) is 90.4 cm³/mol. The molecule has 3 fully saturated rings. The Hall–Kier alpha value is -0.340. The van der Waals surface area contributed by atoms with Crippen LogP contribution in [0.1, 0.15) is 72.6 Å². The molecule has 3 saturated carbocycles. The monoisotopic (exact) mass is 306 g/mol. The zero-order chi connectivity index (χ0) is 16.4. The maximum Gasteiger partial charge on any atom is 0.0946 e. The van der Waals surface area contributed by atoms with E-state index in [1.165, 1.54) is 19.3 Å². The Morgan fingerprint density at radius 2 is 1.73 bits per heavy atom. The number of aliphatic hydroxyl groups excluding tert-OH is 1. The van der Waals surface area contributed by atoms with Gasteiger partial charge in [-0.3, -0.25) is 0 Å². The molecule has 126 valence electrons. The fourth-order valence-electron chi connectivity index (χ4n) is 6.61. The van der Waals surface area contributed by atoms with E-state index in [1.54, 1.807) is 0 Å². The Morgan fingerprint density at radius 1 is 1.05 bits per heavy atom. The molecule has 0 aromatic carbocycles. The van der Waals surface area contributed by atoms with Gasteiger partial charge in [-0.15, -0.1) is 6.58 Å². The van der Waals surface area contributed by atoms with Crippen LogP contribution in [-0.4, -0.2) is 21.9 Å². The van der Waals surface area contributed by atoms with E-state index in [-0.39, 0.29) is 22.2 Å². The van der Waals surface area contributed by atoms with Crippen molar-refractivity contribution < 1.29 is 10.2 Å². The van der Waals surface area contributed by atoms with Crippen molar-refractivity contribution in [3.8, 4) is 0 Å². The van der Waals surface area contributed by atoms with E-state index in [0.717, 1.165) is 19.3 Å². The summed E-state index contributed by atoms with van der Waals surface area (Å²) >= 11 is 0. The topological polar surface area (TPSA) is 40.5 Å². The summed E-state index contributed by atoms with van der Waals surface area (Å²) in [7, 11) is 0. The van der Waals surface area contributed by atoms with Crippen molar-refractivity contribution in [3.63, 3.8) is 0 Å². The summed E-state index contributed by atoms with van der Waals surface area (Å²) in [6.45, 7) is 13.3. The van der Waals surface area contributed by atoms with Crippen LogP contribution in [0.15, 0.2) is 12.7 Å². The fourth-order valence-corrected chi connectivity index (χ4v) is 6.61. The van der Waals surface area contributed by atoms with Gasteiger partial charge < -0.3 is 10.2 Å². The lowest BCUT2D eigenvalue weighted by Crippen LogP contribution is -2.67. The Kier molecular flexibility index (Phi) is 3.63. The van der Waals surface area contributed by atoms with Gasteiger partial charge >= 0.3 is 0 Å². The number of aliphatic hydroxyl groups is 2. The smallest absolute Gasteiger partial charge is 0.0946 e. The van der Waals surface area contributed by atoms with Crippen molar-refractivity contribution >= 4 is 0 Å². The van der Waals surface area contributed by atoms with E-state index in [0.29, 0.717) is 12.3 Å². The molecule has 0 aromatic heterocycles. The highest BCUT2D eigenvalue weighted by Gasteiger charge is 2.64. The summed E-state index contributed by atoms with van der Waals surface area (Å²) in [4.78, 5) is 0. The number of allylic oxidation sites excluding steroid dienone is 1. The minimum absolute atomic E-state index is 0.0421. The molecule has 2 nitrogen and oxygen atoms in total. The molecule has 0 spiro atoms. The Labute approximate surface area is 136 Å². The summed E-state index contributed by atoms with van der Waals surface area (Å²) in [6.07, 6.45) is 8.61. The predicted octanol–water partition coefficient (Wildman–Crippen LogP) is 4.31. The first-order valence-electron chi connectivity index (χ1n) is 9.11. The van der Waals surface area contributed by atoms with Gasteiger partial charge in [-0.25, -0.2) is 0 Å². The minimum atomic E-state index is -0.931. The number of hydrogen-bond acceptors (Lipinski definition) is 2. The lowest BCUT2D eigenvalue weighted by atomic mass is 9.41. The van der Waals surface area contributed by atoms with Gasteiger partial charge in [-0.2, -0.15) is 0 Å². The van der Waals surface area contributed by atoms with Gasteiger partial charge in [0.05, 0.1) is 11.7 Å². The van der Waals surface area contributed by atoms with E-state index in [9.17, 15) is 10.2 Å². The van der Waals surface area contributed by atoms with Crippen molar-refractivity contribution in [1.82, 2.24) is 0 Å². The van der Waals surface area contributed by atoms with Crippen molar-refractivity contribution in [2.75, 3.05) is 0 Å². The quantitative estimate of drug-likeness (QED) is 0.709. The molecular formula is C20H34O2. The molecule has 2 N–H and O–H groups in total. The lowest BCUT2D eigenvalue weighted by Gasteiger charge is -2.66. The molecule has 0 amide bonds. The second-order valence-corrected chi connectivity index (χ2v) is 9.77. The maximum absolute atomic E-state index is 11.5. The number of fused-ring (bicyclic) bond motifs is 3. The van der Waals surface area contributed by atoms with Crippen molar-refractivity contribution in [2.24, 2.45) is 28.1 Å². The second-order valence-electron chi connectivity index (χ2n) is 9.77. The first kappa shape index (κ1) is 16.5. The standard InChI is InChI=1S/C20H34O2/c1-6-18(4)11-8-14-19(5)10-7-9-17(2,3)15(19)12-16(21)20(14,22)13-18/h6,14-16,21-22H,1,7-13H2,2-5H3/t14-,15-,16+,18+,19+,20-/m1/s1. The van der Waals surface area contributed by atoms with Gasteiger partial charge in [0, 0.05) is 0 Å². The highest BCUT2D eigenvalue weighted by Crippen LogP contribution is 2.66. The van der Waals surface area contributed by atoms with Gasteiger partial charge in [0.25, 0.3) is 0 Å². The Morgan fingerprint density at radius 3 is 2.36 bits per heavy atom. The highest BCUT2D eigenvalue weighted by atomic mass is 16.3. The van der Waals surface area contributed by atoms with Crippen LogP contribution in [-0.2, 0) is 0 Å². The first-order valence-corrected chi connectivity index (χ1v) is 9.11. The van der Waals surface area contributed by atoms with Gasteiger partial charge in [0.15, 0.2) is 0 Å². The van der Waals surface area contributed by atoms with Crippen LogP contribution in [0.5, 0.6) is 0 Å². The minimum Gasteiger partial charge on any atom is -0.390 e. The molecule has 6 atom stereocenters. The maximum atomic E-state index is 11.5. The summed E-state index contributed by atoms with van der Waals surface area (Å²) in [5.41, 5.74) is -0.536. The zero-order valence-electron chi connectivity index (χ0n) is 14.9. The molecule has 0 aliphatic heterocycles. The molecule has 3 rings (SSSR count). The van der Waals surface area contributed by atoms with Gasteiger partial charge in [-0.05, 0) is 66.6 Å². The lowest BCUT2D eigenvalue weighted by molar-refractivity contribution is -0.250. The SMILES string of the molecule is C=C[C@@]1(C)CC[C@@H]2[C@]3(C)CCCC(C)(C)[C@H]3C[C@H](O)[C@@]2(O)C1. The second kappa shape index (κ2) is 4.83. The normalized spacial score (nSPS) is 54.2. The van der Waals surface area contributed by atoms with Crippen LogP contribution >= 0.6 is 0 Å². The van der Waals surface area contributed by atoms with E-state index in [2.05, 4.69) is 34.3 Å². The molecule has 0 saturated heterocycles. The fraction of sp³-hybridized carbons (Fsp3) is 0.900. The summed E-state index contributed by atoms with van der Waals surface area (Å²) in [6, 6.07) is 0. The Balaban J connectivity index is 2.01. The van der Waals surface area contributed by atoms with Gasteiger partial charge in [0.2, 0.25) is 0 Å². The molecule has 3 aliphatic carbocycles. The van der Waals surface area contributed by atoms with Crippen molar-refractivity contribution in [1.29, 1.82) is 0 Å².